The fourth-order valence-corrected chi connectivity index (χ4v) is 1.62. The number of rotatable bonds is 2. The zero-order chi connectivity index (χ0) is 8.27. The summed E-state index contributed by atoms with van der Waals surface area (Å²) in [6.07, 6.45) is -0.132. The molecule has 2 atom stereocenters. The SMILES string of the molecule is CN1CCOC(CS(=O)[O-])C1.[Na+]. The molecule has 1 heterocycles. The van der Waals surface area contributed by atoms with Crippen LogP contribution in [0.25, 0.3) is 0 Å². The van der Waals surface area contributed by atoms with Crippen molar-refractivity contribution in [2.45, 2.75) is 6.10 Å². The molecule has 0 bridgehead atoms. The molecule has 0 aliphatic carbocycles. The third kappa shape index (κ3) is 4.91. The summed E-state index contributed by atoms with van der Waals surface area (Å²) in [4.78, 5) is 2.07. The van der Waals surface area contributed by atoms with E-state index in [1.807, 2.05) is 7.05 Å². The molecule has 1 aliphatic rings. The number of hydrogen-bond acceptors (Lipinski definition) is 4. The van der Waals surface area contributed by atoms with Crippen LogP contribution in [0.4, 0.5) is 0 Å². The number of nitrogens with zero attached hydrogens (tertiary/aromatic N) is 1. The summed E-state index contributed by atoms with van der Waals surface area (Å²) in [7, 11) is 1.96. The van der Waals surface area contributed by atoms with Gasteiger partial charge in [-0.3, -0.25) is 4.21 Å². The molecule has 4 nitrogen and oxygen atoms in total. The van der Waals surface area contributed by atoms with Gasteiger partial charge in [-0.15, -0.1) is 0 Å². The quantitative estimate of drug-likeness (QED) is 0.340. The molecule has 0 N–H and O–H groups in total. The summed E-state index contributed by atoms with van der Waals surface area (Å²) in [6, 6.07) is 0. The molecule has 0 radical (unpaired) electrons. The van der Waals surface area contributed by atoms with Gasteiger partial charge in [-0.05, 0) is 7.05 Å². The van der Waals surface area contributed by atoms with Crippen LogP contribution in [0.5, 0.6) is 0 Å². The van der Waals surface area contributed by atoms with E-state index in [1.54, 1.807) is 0 Å². The first-order chi connectivity index (χ1) is 5.18. The third-order valence-corrected chi connectivity index (χ3v) is 2.31. The number of hydrogen-bond donors (Lipinski definition) is 0. The molecular formula is C6H12NNaO3S. The first-order valence-electron chi connectivity index (χ1n) is 3.54. The van der Waals surface area contributed by atoms with Crippen LogP contribution in [-0.2, 0) is 15.8 Å². The van der Waals surface area contributed by atoms with E-state index in [2.05, 4.69) is 4.90 Å². The van der Waals surface area contributed by atoms with E-state index in [0.717, 1.165) is 6.54 Å². The van der Waals surface area contributed by atoms with Gasteiger partial charge < -0.3 is 14.2 Å². The van der Waals surface area contributed by atoms with Crippen molar-refractivity contribution < 1.29 is 43.1 Å². The maximum absolute atomic E-state index is 10.3. The molecule has 0 amide bonds. The van der Waals surface area contributed by atoms with Crippen LogP contribution in [0, 0.1) is 0 Å². The molecule has 0 aromatic heterocycles. The zero-order valence-corrected chi connectivity index (χ0v) is 10.3. The molecule has 0 aromatic carbocycles. The van der Waals surface area contributed by atoms with Gasteiger partial charge in [0.2, 0.25) is 0 Å². The van der Waals surface area contributed by atoms with E-state index < -0.39 is 11.1 Å². The minimum absolute atomic E-state index is 0. The number of morpholine rings is 1. The molecule has 1 rings (SSSR count). The summed E-state index contributed by atoms with van der Waals surface area (Å²) >= 11 is -1.98. The van der Waals surface area contributed by atoms with Crippen molar-refractivity contribution in [3.63, 3.8) is 0 Å². The van der Waals surface area contributed by atoms with Gasteiger partial charge >= 0.3 is 29.6 Å². The Morgan fingerprint density at radius 3 is 2.92 bits per heavy atom. The van der Waals surface area contributed by atoms with Crippen LogP contribution in [0.15, 0.2) is 0 Å². The maximum Gasteiger partial charge on any atom is 1.00 e. The Hall–Kier alpha value is 1.03. The second-order valence-electron chi connectivity index (χ2n) is 2.73. The number of likely N-dealkylation sites (N-methyl/N-ethyl adjacent to an activating group) is 1. The number of ether oxygens (including phenoxy) is 1. The van der Waals surface area contributed by atoms with E-state index in [9.17, 15) is 8.76 Å². The molecule has 2 unspecified atom stereocenters. The van der Waals surface area contributed by atoms with Crippen molar-refractivity contribution >= 4 is 11.1 Å². The van der Waals surface area contributed by atoms with Gasteiger partial charge in [0, 0.05) is 18.8 Å². The fourth-order valence-electron chi connectivity index (χ4n) is 1.12. The first kappa shape index (κ1) is 13.0. The van der Waals surface area contributed by atoms with E-state index in [-0.39, 0.29) is 41.4 Å². The molecule has 1 saturated heterocycles. The molecule has 1 fully saturated rings. The van der Waals surface area contributed by atoms with Gasteiger partial charge in [0.1, 0.15) is 0 Å². The Bertz CT molecular complexity index is 158. The van der Waals surface area contributed by atoms with Gasteiger partial charge in [-0.25, -0.2) is 0 Å². The topological polar surface area (TPSA) is 52.6 Å². The van der Waals surface area contributed by atoms with Gasteiger partial charge in [-0.2, -0.15) is 0 Å². The predicted octanol–water partition coefficient (Wildman–Crippen LogP) is -3.80. The van der Waals surface area contributed by atoms with Crippen LogP contribution in [-0.4, -0.2) is 52.3 Å². The Kier molecular flexibility index (Phi) is 7.03. The predicted molar refractivity (Wildman–Crippen MR) is 41.0 cm³/mol. The van der Waals surface area contributed by atoms with E-state index in [1.165, 1.54) is 0 Å². The average molecular weight is 201 g/mol. The monoisotopic (exact) mass is 201 g/mol. The molecular weight excluding hydrogens is 189 g/mol. The van der Waals surface area contributed by atoms with Crippen molar-refractivity contribution in [1.29, 1.82) is 0 Å². The van der Waals surface area contributed by atoms with Crippen LogP contribution in [0.2, 0.25) is 0 Å². The van der Waals surface area contributed by atoms with Crippen molar-refractivity contribution in [2.24, 2.45) is 0 Å². The van der Waals surface area contributed by atoms with Gasteiger partial charge in [0.05, 0.1) is 12.7 Å². The normalized spacial score (nSPS) is 27.7. The van der Waals surface area contributed by atoms with Crippen molar-refractivity contribution in [3.05, 3.63) is 0 Å². The molecule has 6 heteroatoms. The largest absolute Gasteiger partial charge is 1.00 e. The Balaban J connectivity index is 0.00000121. The molecule has 0 saturated carbocycles. The van der Waals surface area contributed by atoms with E-state index in [0.29, 0.717) is 13.2 Å². The Morgan fingerprint density at radius 1 is 1.75 bits per heavy atom. The second-order valence-corrected chi connectivity index (χ2v) is 3.67. The first-order valence-corrected chi connectivity index (χ1v) is 4.79. The van der Waals surface area contributed by atoms with Crippen molar-refractivity contribution in [3.8, 4) is 0 Å². The molecule has 12 heavy (non-hydrogen) atoms. The summed E-state index contributed by atoms with van der Waals surface area (Å²) in [6.45, 7) is 2.24. The standard InChI is InChI=1S/C6H13NO3S.Na/c1-7-2-3-10-6(4-7)5-11(8)9;/h6H,2-5H2,1H3,(H,8,9);/q;+1/p-1. The second kappa shape index (κ2) is 6.48. The van der Waals surface area contributed by atoms with Gasteiger partial charge in [0.15, 0.2) is 0 Å². The Labute approximate surface area is 97.2 Å². The minimum atomic E-state index is -1.98. The summed E-state index contributed by atoms with van der Waals surface area (Å²) in [5.74, 6) is 0.115. The molecule has 1 aliphatic heterocycles. The molecule has 66 valence electrons. The van der Waals surface area contributed by atoms with E-state index in [4.69, 9.17) is 4.74 Å². The molecule has 0 spiro atoms. The zero-order valence-electron chi connectivity index (χ0n) is 7.49. The summed E-state index contributed by atoms with van der Waals surface area (Å²) in [5, 5.41) is 0. The summed E-state index contributed by atoms with van der Waals surface area (Å²) < 4.78 is 25.8. The van der Waals surface area contributed by atoms with Crippen molar-refractivity contribution in [1.82, 2.24) is 4.90 Å². The van der Waals surface area contributed by atoms with Crippen molar-refractivity contribution in [2.75, 3.05) is 32.5 Å². The van der Waals surface area contributed by atoms with Crippen LogP contribution >= 0.6 is 0 Å². The third-order valence-electron chi connectivity index (χ3n) is 1.66. The van der Waals surface area contributed by atoms with Crippen LogP contribution in [0.3, 0.4) is 0 Å². The Morgan fingerprint density at radius 2 is 2.42 bits per heavy atom. The molecule has 0 aromatic rings. The van der Waals surface area contributed by atoms with Crippen LogP contribution < -0.4 is 29.6 Å². The fraction of sp³-hybridized carbons (Fsp3) is 1.00. The minimum Gasteiger partial charge on any atom is -0.772 e. The summed E-state index contributed by atoms with van der Waals surface area (Å²) in [5.41, 5.74) is 0. The van der Waals surface area contributed by atoms with E-state index >= 15 is 0 Å². The average Bonchev–Trinajstić information content (AvgIpc) is 1.85. The van der Waals surface area contributed by atoms with Gasteiger partial charge in [0.25, 0.3) is 0 Å². The smallest absolute Gasteiger partial charge is 0.772 e. The van der Waals surface area contributed by atoms with Crippen LogP contribution in [0.1, 0.15) is 0 Å². The van der Waals surface area contributed by atoms with Gasteiger partial charge in [-0.1, -0.05) is 11.1 Å². The maximum atomic E-state index is 10.3.